The number of hydrogen-bond donors (Lipinski definition) is 1. The smallest absolute Gasteiger partial charge is 0.356 e. The lowest BCUT2D eigenvalue weighted by Crippen LogP contribution is -2.34. The molecule has 0 bridgehead atoms. The molecule has 2 aromatic rings. The normalized spacial score (nSPS) is 16.9. The Labute approximate surface area is 160 Å². The van der Waals surface area contributed by atoms with E-state index in [-0.39, 0.29) is 5.71 Å². The van der Waals surface area contributed by atoms with Crippen LogP contribution in [0.3, 0.4) is 0 Å². The molecule has 1 atom stereocenters. The third kappa shape index (κ3) is 4.37. The summed E-state index contributed by atoms with van der Waals surface area (Å²) in [6.07, 6.45) is 4.29. The molecule has 140 valence electrons. The van der Waals surface area contributed by atoms with Crippen LogP contribution in [-0.4, -0.2) is 40.8 Å². The lowest BCUT2D eigenvalue weighted by molar-refractivity contribution is -0.132. The summed E-state index contributed by atoms with van der Waals surface area (Å²) in [4.78, 5) is 30.9. The number of esters is 1. The van der Waals surface area contributed by atoms with E-state index >= 15 is 0 Å². The number of pyridine rings is 1. The van der Waals surface area contributed by atoms with Crippen molar-refractivity contribution in [3.05, 3.63) is 46.9 Å². The second kappa shape index (κ2) is 8.09. The first kappa shape index (κ1) is 18.7. The first-order valence-corrected chi connectivity index (χ1v) is 8.99. The molecule has 1 aliphatic rings. The van der Waals surface area contributed by atoms with E-state index in [2.05, 4.69) is 25.4 Å². The summed E-state index contributed by atoms with van der Waals surface area (Å²) in [6, 6.07) is 3.83. The first-order valence-electron chi connectivity index (χ1n) is 8.17. The van der Waals surface area contributed by atoms with Crippen LogP contribution in [0.1, 0.15) is 24.4 Å². The fourth-order valence-corrected chi connectivity index (χ4v) is 3.41. The highest BCUT2D eigenvalue weighted by molar-refractivity contribution is 7.17. The number of thiazole rings is 1. The molecule has 0 saturated heterocycles. The van der Waals surface area contributed by atoms with E-state index in [4.69, 9.17) is 9.57 Å². The van der Waals surface area contributed by atoms with Crippen LogP contribution in [0, 0.1) is 6.92 Å². The van der Waals surface area contributed by atoms with E-state index < -0.39 is 12.3 Å². The van der Waals surface area contributed by atoms with E-state index in [0.717, 1.165) is 26.8 Å². The summed E-state index contributed by atoms with van der Waals surface area (Å²) in [5.41, 5.74) is 3.39. The lowest BCUT2D eigenvalue weighted by Gasteiger charge is -2.19. The maximum absolute atomic E-state index is 11.7. The predicted molar refractivity (Wildman–Crippen MR) is 104 cm³/mol. The number of aliphatic imine (C=N–C) groups is 1. The predicted octanol–water partition coefficient (Wildman–Crippen LogP) is 2.66. The van der Waals surface area contributed by atoms with E-state index in [0.29, 0.717) is 5.71 Å². The molecular weight excluding hydrogens is 366 g/mol. The molecule has 0 radical (unpaired) electrons. The van der Waals surface area contributed by atoms with E-state index in [1.807, 2.05) is 26.0 Å². The highest BCUT2D eigenvalue weighted by atomic mass is 32.1. The van der Waals surface area contributed by atoms with Crippen LogP contribution in [0.5, 0.6) is 0 Å². The van der Waals surface area contributed by atoms with Gasteiger partial charge in [-0.1, -0.05) is 5.16 Å². The number of aryl methyl sites for hydroxylation is 1. The summed E-state index contributed by atoms with van der Waals surface area (Å²) < 4.78 is 4.70. The largest absolute Gasteiger partial charge is 0.464 e. The fourth-order valence-electron chi connectivity index (χ4n) is 2.42. The fraction of sp³-hybridized carbons (Fsp3) is 0.278. The molecule has 0 saturated carbocycles. The van der Waals surface area contributed by atoms with Gasteiger partial charge < -0.3 is 14.9 Å². The van der Waals surface area contributed by atoms with Gasteiger partial charge in [0.05, 0.1) is 23.4 Å². The van der Waals surface area contributed by atoms with Crippen LogP contribution in [0.4, 0.5) is 0 Å². The lowest BCUT2D eigenvalue weighted by atomic mass is 10.3. The molecule has 0 fully saturated rings. The number of carbonyl (C=O) groups excluding carboxylic acids is 1. The minimum Gasteiger partial charge on any atom is -0.464 e. The zero-order chi connectivity index (χ0) is 19.4. The molecule has 0 aromatic carbocycles. The van der Waals surface area contributed by atoms with Gasteiger partial charge in [-0.05, 0) is 39.0 Å². The van der Waals surface area contributed by atoms with Crippen molar-refractivity contribution in [3.8, 4) is 10.6 Å². The molecule has 27 heavy (non-hydrogen) atoms. The summed E-state index contributed by atoms with van der Waals surface area (Å²) in [5.74, 6) is -0.524. The maximum Gasteiger partial charge on any atom is 0.356 e. The van der Waals surface area contributed by atoms with Gasteiger partial charge in [-0.15, -0.1) is 11.3 Å². The van der Waals surface area contributed by atoms with E-state index in [1.54, 1.807) is 25.4 Å². The zero-order valence-electron chi connectivity index (χ0n) is 15.4. The van der Waals surface area contributed by atoms with Crippen molar-refractivity contribution in [2.75, 3.05) is 7.11 Å². The van der Waals surface area contributed by atoms with Gasteiger partial charge in [0.25, 0.3) is 6.35 Å². The van der Waals surface area contributed by atoms with Gasteiger partial charge in [-0.25, -0.2) is 14.8 Å². The molecular formula is C18H19N5O3S. The number of methoxy groups -OCH3 is 1. The number of hydrogen-bond acceptors (Lipinski definition) is 9. The van der Waals surface area contributed by atoms with Crippen molar-refractivity contribution in [2.45, 2.75) is 27.1 Å². The Morgan fingerprint density at radius 3 is 2.89 bits per heavy atom. The summed E-state index contributed by atoms with van der Waals surface area (Å²) in [6.45, 7) is 5.56. The molecule has 2 aromatic heterocycles. The van der Waals surface area contributed by atoms with Gasteiger partial charge >= 0.3 is 5.97 Å². The van der Waals surface area contributed by atoms with E-state index in [1.165, 1.54) is 18.4 Å². The minimum atomic E-state index is -0.801. The molecule has 1 N–H and O–H groups in total. The molecule has 1 unspecified atom stereocenters. The van der Waals surface area contributed by atoms with Crippen LogP contribution in [0.15, 0.2) is 46.4 Å². The standard InChI is InChI=1S/C18H19N5O3S/c1-10-8-14(17(24)25-4)22-18(20-10)26-23-12(3)15-11(2)21-16(27-15)13-6-5-7-19-9-13/h5-9,18,20H,1-4H3/b23-12+. The average Bonchev–Trinajstić information content (AvgIpc) is 3.07. The summed E-state index contributed by atoms with van der Waals surface area (Å²) in [7, 11) is 1.31. The molecule has 0 aliphatic carbocycles. The number of carbonyl (C=O) groups is 1. The Hall–Kier alpha value is -3.07. The quantitative estimate of drug-likeness (QED) is 0.483. The number of aromatic nitrogens is 2. The molecule has 0 spiro atoms. The highest BCUT2D eigenvalue weighted by Crippen LogP contribution is 2.27. The van der Waals surface area contributed by atoms with Crippen LogP contribution in [0.2, 0.25) is 0 Å². The van der Waals surface area contributed by atoms with Crippen LogP contribution in [0.25, 0.3) is 10.6 Å². The Morgan fingerprint density at radius 2 is 2.19 bits per heavy atom. The number of rotatable bonds is 5. The van der Waals surface area contributed by atoms with E-state index in [9.17, 15) is 4.79 Å². The van der Waals surface area contributed by atoms with Gasteiger partial charge in [-0.3, -0.25) is 4.98 Å². The second-order valence-electron chi connectivity index (χ2n) is 5.79. The molecule has 3 heterocycles. The highest BCUT2D eigenvalue weighted by Gasteiger charge is 2.20. The van der Waals surface area contributed by atoms with Gasteiger partial charge in [0, 0.05) is 23.7 Å². The van der Waals surface area contributed by atoms with Gasteiger partial charge in [-0.2, -0.15) is 0 Å². The van der Waals surface area contributed by atoms with Crippen molar-refractivity contribution in [1.29, 1.82) is 0 Å². The number of nitrogens with zero attached hydrogens (tertiary/aromatic N) is 4. The monoisotopic (exact) mass is 385 g/mol. The summed E-state index contributed by atoms with van der Waals surface area (Å²) >= 11 is 1.51. The Kier molecular flexibility index (Phi) is 5.60. The molecule has 9 heteroatoms. The molecule has 1 aliphatic heterocycles. The summed E-state index contributed by atoms with van der Waals surface area (Å²) in [5, 5.41) is 8.02. The van der Waals surface area contributed by atoms with Crippen molar-refractivity contribution >= 4 is 28.7 Å². The van der Waals surface area contributed by atoms with Crippen LogP contribution >= 0.6 is 11.3 Å². The van der Waals surface area contributed by atoms with Gasteiger partial charge in [0.2, 0.25) is 0 Å². The van der Waals surface area contributed by atoms with Gasteiger partial charge in [0.15, 0.2) is 5.71 Å². The zero-order valence-corrected chi connectivity index (χ0v) is 16.2. The molecule has 0 amide bonds. The number of allylic oxidation sites excluding steroid dienone is 1. The Bertz CT molecular complexity index is 934. The Morgan fingerprint density at radius 1 is 1.37 bits per heavy atom. The van der Waals surface area contributed by atoms with Crippen molar-refractivity contribution < 1.29 is 14.4 Å². The third-order valence-corrected chi connectivity index (χ3v) is 4.99. The van der Waals surface area contributed by atoms with Crippen molar-refractivity contribution in [1.82, 2.24) is 15.3 Å². The second-order valence-corrected chi connectivity index (χ2v) is 6.79. The SMILES string of the molecule is COC(=O)C1=NC(O/N=C(\C)c2sc(-c3cccnc3)nc2C)NC(C)=C1. The number of ether oxygens (including phenoxy) is 1. The van der Waals surface area contributed by atoms with Crippen LogP contribution in [-0.2, 0) is 14.4 Å². The van der Waals surface area contributed by atoms with Gasteiger partial charge in [0.1, 0.15) is 5.01 Å². The molecule has 3 rings (SSSR count). The Balaban J connectivity index is 1.77. The molecule has 8 nitrogen and oxygen atoms in total. The maximum atomic E-state index is 11.7. The van der Waals surface area contributed by atoms with Crippen molar-refractivity contribution in [3.63, 3.8) is 0 Å². The topological polar surface area (TPSA) is 98.1 Å². The average molecular weight is 385 g/mol. The van der Waals surface area contributed by atoms with Crippen molar-refractivity contribution in [2.24, 2.45) is 10.1 Å². The van der Waals surface area contributed by atoms with Crippen LogP contribution < -0.4 is 5.32 Å². The number of nitrogens with one attached hydrogen (secondary N) is 1. The third-order valence-electron chi connectivity index (χ3n) is 3.68. The number of oxime groups is 1. The first-order chi connectivity index (χ1) is 13.0. The minimum absolute atomic E-state index is 0.180.